The molecule has 1 N–H and O–H groups in total. The Kier molecular flexibility index (Phi) is 6.18. The monoisotopic (exact) mass is 520 g/mol. The lowest BCUT2D eigenvalue weighted by molar-refractivity contribution is -0.129. The second-order valence-electron chi connectivity index (χ2n) is 9.58. The van der Waals surface area contributed by atoms with Crippen LogP contribution in [-0.2, 0) is 11.2 Å². The van der Waals surface area contributed by atoms with Crippen LogP contribution in [0.1, 0.15) is 46.7 Å². The number of aryl methyl sites for hydroxylation is 1. The standard InChI is InChI=1S/C30H28N6O3/c1-4-24-22-12-8-11-20(19-9-6-5-7-10-19)21(22)13-14-35(24)30(38)28(37)23-15-31-27-26(23)25(39-3)16-32-29(27)36-17-33-18(2)34-36/h5-12,15-17,24,31H,4,13-14H2,1-3H3. The lowest BCUT2D eigenvalue weighted by atomic mass is 9.85. The van der Waals surface area contributed by atoms with Crippen molar-refractivity contribution in [1.29, 1.82) is 0 Å². The molecule has 5 aromatic rings. The van der Waals surface area contributed by atoms with Gasteiger partial charge in [-0.2, -0.15) is 5.10 Å². The van der Waals surface area contributed by atoms with E-state index in [1.165, 1.54) is 29.1 Å². The fraction of sp³-hybridized carbons (Fsp3) is 0.233. The number of ether oxygens (including phenoxy) is 1. The summed E-state index contributed by atoms with van der Waals surface area (Å²) in [7, 11) is 1.51. The summed E-state index contributed by atoms with van der Waals surface area (Å²) in [4.78, 5) is 41.1. The number of nitrogens with one attached hydrogen (secondary N) is 1. The van der Waals surface area contributed by atoms with Crippen molar-refractivity contribution in [3.8, 4) is 22.7 Å². The molecule has 1 unspecified atom stereocenters. The third kappa shape index (κ3) is 4.06. The molecule has 9 nitrogen and oxygen atoms in total. The Hall–Kier alpha value is -4.79. The SMILES string of the molecule is CCC1c2cccc(-c3ccccc3)c2CCN1C(=O)C(=O)c1c[nH]c2c(-n3cnc(C)n3)ncc(OC)c12. The molecular formula is C30H28N6O3. The molecule has 39 heavy (non-hydrogen) atoms. The molecule has 0 spiro atoms. The van der Waals surface area contributed by atoms with Gasteiger partial charge in [0.2, 0.25) is 0 Å². The first-order valence-electron chi connectivity index (χ1n) is 13.0. The number of carbonyl (C=O) groups is 2. The topological polar surface area (TPSA) is 106 Å². The molecule has 196 valence electrons. The van der Waals surface area contributed by atoms with Crippen molar-refractivity contribution in [2.75, 3.05) is 13.7 Å². The second kappa shape index (κ2) is 9.83. The van der Waals surface area contributed by atoms with Crippen molar-refractivity contribution < 1.29 is 14.3 Å². The quantitative estimate of drug-likeness (QED) is 0.254. The number of hydrogen-bond acceptors (Lipinski definition) is 6. The molecule has 0 fully saturated rings. The first-order chi connectivity index (χ1) is 19.0. The fourth-order valence-corrected chi connectivity index (χ4v) is 5.63. The minimum atomic E-state index is -0.590. The molecule has 0 saturated heterocycles. The number of fused-ring (bicyclic) bond motifs is 2. The van der Waals surface area contributed by atoms with E-state index in [0.717, 1.165) is 11.1 Å². The Balaban J connectivity index is 1.37. The minimum Gasteiger partial charge on any atom is -0.494 e. The maximum atomic E-state index is 13.8. The van der Waals surface area contributed by atoms with E-state index >= 15 is 0 Å². The van der Waals surface area contributed by atoms with E-state index in [2.05, 4.69) is 44.3 Å². The van der Waals surface area contributed by atoms with E-state index < -0.39 is 11.7 Å². The third-order valence-corrected chi connectivity index (χ3v) is 7.42. The summed E-state index contributed by atoms with van der Waals surface area (Å²) in [6, 6.07) is 16.3. The number of H-pyrrole nitrogens is 1. The van der Waals surface area contributed by atoms with E-state index in [4.69, 9.17) is 4.74 Å². The number of Topliss-reactive ketones (excluding diaryl/α,β-unsaturated/α-hetero) is 1. The molecule has 9 heteroatoms. The average Bonchev–Trinajstić information content (AvgIpc) is 3.62. The van der Waals surface area contributed by atoms with Crippen LogP contribution in [0.15, 0.2) is 67.3 Å². The molecule has 6 rings (SSSR count). The van der Waals surface area contributed by atoms with Crippen molar-refractivity contribution >= 4 is 22.6 Å². The maximum Gasteiger partial charge on any atom is 0.295 e. The number of aromatic nitrogens is 5. The first-order valence-corrected chi connectivity index (χ1v) is 13.0. The van der Waals surface area contributed by atoms with Gasteiger partial charge in [-0.25, -0.2) is 14.6 Å². The number of aromatic amines is 1. The molecule has 1 aliphatic heterocycles. The lowest BCUT2D eigenvalue weighted by Gasteiger charge is -2.37. The largest absolute Gasteiger partial charge is 0.494 e. The number of methoxy groups -OCH3 is 1. The predicted octanol–water partition coefficient (Wildman–Crippen LogP) is 4.85. The molecule has 4 heterocycles. The first kappa shape index (κ1) is 24.5. The molecule has 1 atom stereocenters. The Morgan fingerprint density at radius 2 is 1.92 bits per heavy atom. The van der Waals surface area contributed by atoms with E-state index in [1.807, 2.05) is 31.2 Å². The smallest absolute Gasteiger partial charge is 0.295 e. The number of benzene rings is 2. The summed E-state index contributed by atoms with van der Waals surface area (Å²) < 4.78 is 7.07. The normalized spacial score (nSPS) is 14.8. The molecule has 0 bridgehead atoms. The van der Waals surface area contributed by atoms with Crippen molar-refractivity contribution in [1.82, 2.24) is 29.6 Å². The van der Waals surface area contributed by atoms with Crippen LogP contribution in [0.4, 0.5) is 0 Å². The van der Waals surface area contributed by atoms with Gasteiger partial charge in [-0.1, -0.05) is 55.5 Å². The summed E-state index contributed by atoms with van der Waals surface area (Å²) in [5, 5.41) is 4.83. The lowest BCUT2D eigenvalue weighted by Crippen LogP contribution is -2.43. The Morgan fingerprint density at radius 1 is 1.10 bits per heavy atom. The Labute approximate surface area is 225 Å². The zero-order chi connectivity index (χ0) is 27.1. The molecule has 0 radical (unpaired) electrons. The highest BCUT2D eigenvalue weighted by molar-refractivity contribution is 6.45. The summed E-state index contributed by atoms with van der Waals surface area (Å²) >= 11 is 0. The van der Waals surface area contributed by atoms with Crippen molar-refractivity contribution in [2.45, 2.75) is 32.7 Å². The van der Waals surface area contributed by atoms with Crippen LogP contribution in [0.2, 0.25) is 0 Å². The van der Waals surface area contributed by atoms with Crippen LogP contribution in [0.5, 0.6) is 5.75 Å². The highest BCUT2D eigenvalue weighted by Crippen LogP contribution is 2.38. The number of nitrogens with zero attached hydrogens (tertiary/aromatic N) is 5. The van der Waals surface area contributed by atoms with E-state index in [1.54, 1.807) is 24.3 Å². The summed E-state index contributed by atoms with van der Waals surface area (Å²) in [5.41, 5.74) is 5.44. The maximum absolute atomic E-state index is 13.8. The molecule has 0 saturated carbocycles. The van der Waals surface area contributed by atoms with Crippen molar-refractivity contribution in [3.63, 3.8) is 0 Å². The summed E-state index contributed by atoms with van der Waals surface area (Å²) in [6.07, 6.45) is 6.00. The predicted molar refractivity (Wildman–Crippen MR) is 147 cm³/mol. The number of ketones is 1. The molecule has 2 aromatic carbocycles. The van der Waals surface area contributed by atoms with Crippen molar-refractivity contribution in [3.05, 3.63) is 89.8 Å². The van der Waals surface area contributed by atoms with Crippen LogP contribution in [0.25, 0.3) is 27.8 Å². The van der Waals surface area contributed by atoms with Gasteiger partial charge in [0.25, 0.3) is 11.7 Å². The van der Waals surface area contributed by atoms with Gasteiger partial charge in [0.1, 0.15) is 17.9 Å². The van der Waals surface area contributed by atoms with E-state index in [9.17, 15) is 9.59 Å². The number of amides is 1. The van der Waals surface area contributed by atoms with E-state index in [0.29, 0.717) is 47.7 Å². The van der Waals surface area contributed by atoms with Gasteiger partial charge in [-0.3, -0.25) is 9.59 Å². The summed E-state index contributed by atoms with van der Waals surface area (Å²) in [6.45, 7) is 4.29. The molecule has 1 amide bonds. The molecule has 3 aromatic heterocycles. The Bertz CT molecular complexity index is 1700. The summed E-state index contributed by atoms with van der Waals surface area (Å²) in [5.74, 6) is 0.324. The number of rotatable bonds is 6. The zero-order valence-electron chi connectivity index (χ0n) is 22.0. The van der Waals surface area contributed by atoms with Gasteiger partial charge in [0, 0.05) is 12.7 Å². The van der Waals surface area contributed by atoms with Gasteiger partial charge in [-0.15, -0.1) is 0 Å². The van der Waals surface area contributed by atoms with Crippen LogP contribution in [0, 0.1) is 6.92 Å². The third-order valence-electron chi connectivity index (χ3n) is 7.42. The van der Waals surface area contributed by atoms with Gasteiger partial charge in [-0.05, 0) is 42.0 Å². The van der Waals surface area contributed by atoms with Crippen LogP contribution >= 0.6 is 0 Å². The van der Waals surface area contributed by atoms with Gasteiger partial charge < -0.3 is 14.6 Å². The molecular weight excluding hydrogens is 492 g/mol. The molecule has 0 aliphatic carbocycles. The van der Waals surface area contributed by atoms with Gasteiger partial charge in [0.15, 0.2) is 5.82 Å². The van der Waals surface area contributed by atoms with E-state index in [-0.39, 0.29) is 11.6 Å². The van der Waals surface area contributed by atoms with Crippen LogP contribution < -0.4 is 4.74 Å². The second-order valence-corrected chi connectivity index (χ2v) is 9.58. The molecule has 1 aliphatic rings. The number of carbonyl (C=O) groups excluding carboxylic acids is 2. The van der Waals surface area contributed by atoms with Crippen LogP contribution in [0.3, 0.4) is 0 Å². The highest BCUT2D eigenvalue weighted by atomic mass is 16.5. The van der Waals surface area contributed by atoms with Gasteiger partial charge >= 0.3 is 0 Å². The average molecular weight is 521 g/mol. The Morgan fingerprint density at radius 3 is 2.64 bits per heavy atom. The van der Waals surface area contributed by atoms with Gasteiger partial charge in [0.05, 0.1) is 35.8 Å². The number of hydrogen-bond donors (Lipinski definition) is 1. The van der Waals surface area contributed by atoms with Crippen molar-refractivity contribution in [2.24, 2.45) is 0 Å². The zero-order valence-corrected chi connectivity index (χ0v) is 22.0. The fourth-order valence-electron chi connectivity index (χ4n) is 5.63. The highest BCUT2D eigenvalue weighted by Gasteiger charge is 2.35. The van der Waals surface area contributed by atoms with Crippen LogP contribution in [-0.4, -0.2) is 55.0 Å². The number of pyridine rings is 1. The minimum absolute atomic E-state index is 0.198.